The van der Waals surface area contributed by atoms with Crippen LogP contribution >= 0.6 is 11.6 Å². The number of fused-ring (bicyclic) bond motifs is 1. The van der Waals surface area contributed by atoms with Gasteiger partial charge >= 0.3 is 0 Å². The fourth-order valence-corrected chi connectivity index (χ4v) is 7.09. The number of hydrogen-bond donors (Lipinski definition) is 0. The summed E-state index contributed by atoms with van der Waals surface area (Å²) in [6.07, 6.45) is 0.0966. The Balaban J connectivity index is 1.40. The minimum Gasteiger partial charge on any atom is -0.365 e. The monoisotopic (exact) mass is 437 g/mol. The predicted octanol–water partition coefficient (Wildman–Crippen LogP) is 1.83. The highest BCUT2D eigenvalue weighted by Crippen LogP contribution is 2.47. The molecule has 3 fully saturated rings. The van der Waals surface area contributed by atoms with E-state index in [1.165, 1.54) is 4.31 Å². The second-order valence-electron chi connectivity index (χ2n) is 7.98. The topological polar surface area (TPSA) is 93.0 Å². The summed E-state index contributed by atoms with van der Waals surface area (Å²) in [5.74, 6) is 0.293. The lowest BCUT2D eigenvalue weighted by molar-refractivity contribution is -0.0981. The summed E-state index contributed by atoms with van der Waals surface area (Å²) in [4.78, 5) is 14.5. The van der Waals surface area contributed by atoms with Gasteiger partial charge in [0.15, 0.2) is 5.69 Å². The molecule has 0 N–H and O–H groups in total. The highest BCUT2D eigenvalue weighted by molar-refractivity contribution is 7.90. The number of likely N-dealkylation sites (tertiary alicyclic amines) is 1. The smallest absolute Gasteiger partial charge is 0.276 e. The number of ether oxygens (including phenoxy) is 1. The van der Waals surface area contributed by atoms with Gasteiger partial charge in [-0.15, -0.1) is 0 Å². The second kappa shape index (κ2) is 6.53. The van der Waals surface area contributed by atoms with Crippen LogP contribution in [0.4, 0.5) is 0 Å². The first-order valence-corrected chi connectivity index (χ1v) is 11.3. The van der Waals surface area contributed by atoms with Crippen LogP contribution in [0.3, 0.4) is 0 Å². The van der Waals surface area contributed by atoms with Crippen molar-refractivity contribution in [2.75, 3.05) is 19.6 Å². The zero-order valence-electron chi connectivity index (χ0n) is 15.7. The standard InChI is InChI=1S/C19H20ClN3O5S/c1-12-6-16(21-28-12)18(24)22-9-15-7-17-19(10-22,27-15)11-23(29(17,25)26)8-13-2-4-14(20)5-3-13/h2-6,15,17H,7-11H2,1H3/t15-,17+,19+/m1/s1. The SMILES string of the molecule is Cc1cc(C(=O)N2C[C@H]3C[C@H]4[C@](C2)(CN(Cc2ccc(Cl)cc2)S4(=O)=O)O3)no1. The highest BCUT2D eigenvalue weighted by atomic mass is 35.5. The Morgan fingerprint density at radius 3 is 2.76 bits per heavy atom. The summed E-state index contributed by atoms with van der Waals surface area (Å²) in [6.45, 7) is 2.77. The van der Waals surface area contributed by atoms with Crippen LogP contribution in [0.15, 0.2) is 34.9 Å². The van der Waals surface area contributed by atoms with E-state index < -0.39 is 20.9 Å². The van der Waals surface area contributed by atoms with Crippen molar-refractivity contribution >= 4 is 27.5 Å². The molecule has 5 rings (SSSR count). The quantitative estimate of drug-likeness (QED) is 0.727. The molecule has 154 valence electrons. The first-order valence-electron chi connectivity index (χ1n) is 9.41. The van der Waals surface area contributed by atoms with Crippen molar-refractivity contribution in [3.05, 3.63) is 52.4 Å². The number of nitrogens with zero attached hydrogens (tertiary/aromatic N) is 3. The van der Waals surface area contributed by atoms with Gasteiger partial charge in [-0.25, -0.2) is 8.42 Å². The molecule has 29 heavy (non-hydrogen) atoms. The molecule has 0 saturated carbocycles. The normalized spacial score (nSPS) is 30.5. The van der Waals surface area contributed by atoms with Crippen LogP contribution in [0.2, 0.25) is 5.02 Å². The van der Waals surface area contributed by atoms with Crippen LogP contribution in [0.1, 0.15) is 28.2 Å². The van der Waals surface area contributed by atoms with Crippen molar-refractivity contribution < 1.29 is 22.5 Å². The molecule has 0 radical (unpaired) electrons. The van der Waals surface area contributed by atoms with E-state index in [9.17, 15) is 13.2 Å². The van der Waals surface area contributed by atoms with E-state index in [2.05, 4.69) is 5.16 Å². The third-order valence-electron chi connectivity index (χ3n) is 5.92. The molecule has 8 nitrogen and oxygen atoms in total. The summed E-state index contributed by atoms with van der Waals surface area (Å²) in [5, 5.41) is 3.76. The van der Waals surface area contributed by atoms with Gasteiger partial charge in [0.2, 0.25) is 10.0 Å². The van der Waals surface area contributed by atoms with Gasteiger partial charge in [0, 0.05) is 30.7 Å². The van der Waals surface area contributed by atoms with Crippen molar-refractivity contribution in [3.63, 3.8) is 0 Å². The third kappa shape index (κ3) is 3.07. The van der Waals surface area contributed by atoms with Gasteiger partial charge in [0.05, 0.1) is 12.6 Å². The van der Waals surface area contributed by atoms with Gasteiger partial charge < -0.3 is 14.2 Å². The molecule has 1 amide bonds. The molecule has 1 spiro atoms. The number of aryl methyl sites for hydroxylation is 1. The number of morpholine rings is 1. The van der Waals surface area contributed by atoms with Gasteiger partial charge in [-0.05, 0) is 31.0 Å². The summed E-state index contributed by atoms with van der Waals surface area (Å²) in [7, 11) is -3.54. The summed E-state index contributed by atoms with van der Waals surface area (Å²) >= 11 is 5.93. The van der Waals surface area contributed by atoms with E-state index in [-0.39, 0.29) is 37.3 Å². The molecule has 3 aliphatic rings. The van der Waals surface area contributed by atoms with E-state index in [0.717, 1.165) is 5.56 Å². The first-order chi connectivity index (χ1) is 13.8. The molecule has 10 heteroatoms. The molecule has 1 aromatic heterocycles. The number of rotatable bonds is 3. The fourth-order valence-electron chi connectivity index (χ4n) is 4.67. The van der Waals surface area contributed by atoms with Gasteiger partial charge in [-0.3, -0.25) is 4.79 Å². The van der Waals surface area contributed by atoms with E-state index in [4.69, 9.17) is 20.9 Å². The molecule has 4 heterocycles. The molecule has 2 bridgehead atoms. The molecule has 1 aromatic carbocycles. The van der Waals surface area contributed by atoms with E-state index in [1.54, 1.807) is 30.0 Å². The Bertz CT molecular complexity index is 1070. The van der Waals surface area contributed by atoms with Gasteiger partial charge in [0.1, 0.15) is 16.6 Å². The molecule has 0 aliphatic carbocycles. The lowest BCUT2D eigenvalue weighted by Gasteiger charge is -2.39. The Labute approximate surface area is 173 Å². The predicted molar refractivity (Wildman–Crippen MR) is 104 cm³/mol. The summed E-state index contributed by atoms with van der Waals surface area (Å²) < 4.78 is 39.1. The lowest BCUT2D eigenvalue weighted by Crippen LogP contribution is -2.56. The first kappa shape index (κ1) is 19.0. The van der Waals surface area contributed by atoms with Crippen LogP contribution in [-0.4, -0.2) is 65.3 Å². The highest BCUT2D eigenvalue weighted by Gasteiger charge is 2.65. The number of hydrogen-bond acceptors (Lipinski definition) is 6. The zero-order chi connectivity index (χ0) is 20.4. The summed E-state index contributed by atoms with van der Waals surface area (Å²) in [6, 6.07) is 8.71. The van der Waals surface area contributed by atoms with Crippen LogP contribution in [0, 0.1) is 6.92 Å². The Morgan fingerprint density at radius 1 is 1.31 bits per heavy atom. The lowest BCUT2D eigenvalue weighted by atomic mass is 9.99. The summed E-state index contributed by atoms with van der Waals surface area (Å²) in [5.41, 5.74) is 0.172. The number of benzene rings is 1. The zero-order valence-corrected chi connectivity index (χ0v) is 17.3. The van der Waals surface area contributed by atoms with E-state index >= 15 is 0 Å². The van der Waals surface area contributed by atoms with Crippen molar-refractivity contribution in [1.29, 1.82) is 0 Å². The number of aromatic nitrogens is 1. The molecule has 0 unspecified atom stereocenters. The maximum Gasteiger partial charge on any atom is 0.276 e. The molecule has 3 aliphatic heterocycles. The minimum atomic E-state index is -3.54. The van der Waals surface area contributed by atoms with Gasteiger partial charge in [0.25, 0.3) is 5.91 Å². The number of amides is 1. The van der Waals surface area contributed by atoms with Crippen molar-refractivity contribution in [2.45, 2.75) is 36.8 Å². The molecule has 2 aromatic rings. The minimum absolute atomic E-state index is 0.218. The van der Waals surface area contributed by atoms with Gasteiger partial charge in [-0.2, -0.15) is 4.31 Å². The van der Waals surface area contributed by atoms with E-state index in [0.29, 0.717) is 23.7 Å². The molecular formula is C19H20ClN3O5S. The molecule has 3 saturated heterocycles. The third-order valence-corrected chi connectivity index (χ3v) is 8.49. The average Bonchev–Trinajstić information content (AvgIpc) is 3.28. The fraction of sp³-hybridized carbons (Fsp3) is 0.474. The van der Waals surface area contributed by atoms with E-state index in [1.807, 2.05) is 12.1 Å². The van der Waals surface area contributed by atoms with Crippen LogP contribution in [0.5, 0.6) is 0 Å². The van der Waals surface area contributed by atoms with Gasteiger partial charge in [-0.1, -0.05) is 28.9 Å². The maximum absolute atomic E-state index is 13.2. The van der Waals surface area contributed by atoms with Crippen LogP contribution in [-0.2, 0) is 21.3 Å². The molecular weight excluding hydrogens is 418 g/mol. The molecule has 3 atom stereocenters. The maximum atomic E-state index is 13.2. The van der Waals surface area contributed by atoms with Crippen LogP contribution < -0.4 is 0 Å². The van der Waals surface area contributed by atoms with Crippen molar-refractivity contribution in [1.82, 2.24) is 14.4 Å². The largest absolute Gasteiger partial charge is 0.365 e. The Kier molecular flexibility index (Phi) is 4.29. The number of carbonyl (C=O) groups excluding carboxylic acids is 1. The number of sulfonamides is 1. The Hall–Kier alpha value is -1.94. The average molecular weight is 438 g/mol. The van der Waals surface area contributed by atoms with Crippen molar-refractivity contribution in [3.8, 4) is 0 Å². The number of halogens is 1. The second-order valence-corrected chi connectivity index (χ2v) is 10.5. The van der Waals surface area contributed by atoms with Crippen molar-refractivity contribution in [2.24, 2.45) is 0 Å². The number of carbonyl (C=O) groups is 1. The Morgan fingerprint density at radius 2 is 2.07 bits per heavy atom. The van der Waals surface area contributed by atoms with Crippen LogP contribution in [0.25, 0.3) is 0 Å².